The number of anilines is 1. The summed E-state index contributed by atoms with van der Waals surface area (Å²) in [6, 6.07) is 3.00. The van der Waals surface area contributed by atoms with E-state index >= 15 is 0 Å². The van der Waals surface area contributed by atoms with Crippen LogP contribution in [0.2, 0.25) is 0 Å². The minimum atomic E-state index is -0.803. The number of nitrogens with one attached hydrogen (secondary N) is 1. The van der Waals surface area contributed by atoms with Crippen LogP contribution < -0.4 is 5.32 Å². The third kappa shape index (κ3) is 3.73. The number of carbonyl (C=O) groups excluding carboxylic acids is 1. The molecule has 0 saturated heterocycles. The molecule has 0 fully saturated rings. The van der Waals surface area contributed by atoms with Gasteiger partial charge in [0.15, 0.2) is 4.34 Å². The SMILES string of the molecule is Cc1nnc(S[C@@H](C)C(=O)Nc2ccc(F)cc2F)s1. The number of carbonyl (C=O) groups is 1. The van der Waals surface area contributed by atoms with Gasteiger partial charge in [0.05, 0.1) is 10.9 Å². The summed E-state index contributed by atoms with van der Waals surface area (Å²) in [5.74, 6) is -1.87. The Labute approximate surface area is 122 Å². The van der Waals surface area contributed by atoms with E-state index in [1.165, 1.54) is 29.2 Å². The Morgan fingerprint density at radius 3 is 2.75 bits per heavy atom. The second-order valence-electron chi connectivity index (χ2n) is 3.96. The molecule has 0 aliphatic heterocycles. The molecule has 1 N–H and O–H groups in total. The van der Waals surface area contributed by atoms with Crippen molar-refractivity contribution < 1.29 is 13.6 Å². The molecule has 20 heavy (non-hydrogen) atoms. The largest absolute Gasteiger partial charge is 0.323 e. The first-order valence-corrected chi connectivity index (χ1v) is 7.38. The molecule has 0 aliphatic carbocycles. The molecule has 0 aliphatic rings. The maximum Gasteiger partial charge on any atom is 0.237 e. The second kappa shape index (κ2) is 6.27. The Balaban J connectivity index is 2.00. The highest BCUT2D eigenvalue weighted by atomic mass is 32.2. The molecule has 0 saturated carbocycles. The number of thioether (sulfide) groups is 1. The molecule has 2 aromatic rings. The van der Waals surface area contributed by atoms with Crippen molar-refractivity contribution in [3.63, 3.8) is 0 Å². The van der Waals surface area contributed by atoms with E-state index in [2.05, 4.69) is 15.5 Å². The number of aryl methyl sites for hydroxylation is 1. The quantitative estimate of drug-likeness (QED) is 0.880. The van der Waals surface area contributed by atoms with Crippen LogP contribution >= 0.6 is 23.1 Å². The molecule has 1 amide bonds. The van der Waals surface area contributed by atoms with Crippen LogP contribution in [0.1, 0.15) is 11.9 Å². The number of aromatic nitrogens is 2. The van der Waals surface area contributed by atoms with Crippen molar-refractivity contribution in [3.8, 4) is 0 Å². The van der Waals surface area contributed by atoms with Gasteiger partial charge in [0.2, 0.25) is 5.91 Å². The monoisotopic (exact) mass is 315 g/mol. The minimum Gasteiger partial charge on any atom is -0.323 e. The Hall–Kier alpha value is -1.54. The number of hydrogen-bond donors (Lipinski definition) is 1. The van der Waals surface area contributed by atoms with Crippen LogP contribution in [0.5, 0.6) is 0 Å². The van der Waals surface area contributed by atoms with Crippen molar-refractivity contribution in [2.45, 2.75) is 23.4 Å². The lowest BCUT2D eigenvalue weighted by Crippen LogP contribution is -2.22. The van der Waals surface area contributed by atoms with E-state index in [4.69, 9.17) is 0 Å². The molecule has 1 aromatic carbocycles. The van der Waals surface area contributed by atoms with Gasteiger partial charge in [-0.05, 0) is 26.0 Å². The first kappa shape index (κ1) is 14.9. The summed E-state index contributed by atoms with van der Waals surface area (Å²) < 4.78 is 26.9. The van der Waals surface area contributed by atoms with Gasteiger partial charge in [0.25, 0.3) is 0 Å². The van der Waals surface area contributed by atoms with Crippen LogP contribution in [0.3, 0.4) is 0 Å². The first-order chi connectivity index (χ1) is 9.45. The van der Waals surface area contributed by atoms with E-state index in [0.29, 0.717) is 4.34 Å². The standard InChI is InChI=1S/C12H11F2N3OS2/c1-6(19-12-17-16-7(2)20-12)11(18)15-10-4-3-8(13)5-9(10)14/h3-6H,1-2H3,(H,15,18)/t6-/m0/s1. The number of nitrogens with zero attached hydrogens (tertiary/aromatic N) is 2. The summed E-state index contributed by atoms with van der Waals surface area (Å²) in [6.07, 6.45) is 0. The second-order valence-corrected chi connectivity index (χ2v) is 6.73. The molecule has 2 rings (SSSR count). The predicted molar refractivity (Wildman–Crippen MR) is 75.0 cm³/mol. The Morgan fingerprint density at radius 2 is 2.15 bits per heavy atom. The van der Waals surface area contributed by atoms with Gasteiger partial charge in [0.1, 0.15) is 16.6 Å². The third-order valence-corrected chi connectivity index (χ3v) is 4.37. The third-order valence-electron chi connectivity index (χ3n) is 2.34. The number of rotatable bonds is 4. The highest BCUT2D eigenvalue weighted by molar-refractivity contribution is 8.02. The maximum absolute atomic E-state index is 13.4. The summed E-state index contributed by atoms with van der Waals surface area (Å²) in [5, 5.41) is 10.5. The van der Waals surface area contributed by atoms with Crippen LogP contribution in [0.25, 0.3) is 0 Å². The van der Waals surface area contributed by atoms with Crippen molar-refractivity contribution in [1.29, 1.82) is 0 Å². The topological polar surface area (TPSA) is 54.9 Å². The molecule has 8 heteroatoms. The number of hydrogen-bond acceptors (Lipinski definition) is 5. The van der Waals surface area contributed by atoms with E-state index in [1.54, 1.807) is 6.92 Å². The molecule has 1 heterocycles. The van der Waals surface area contributed by atoms with Gasteiger partial charge >= 0.3 is 0 Å². The molecule has 4 nitrogen and oxygen atoms in total. The van der Waals surface area contributed by atoms with E-state index in [0.717, 1.165) is 17.1 Å². The lowest BCUT2D eigenvalue weighted by atomic mass is 10.3. The smallest absolute Gasteiger partial charge is 0.237 e. The Morgan fingerprint density at radius 1 is 1.40 bits per heavy atom. The van der Waals surface area contributed by atoms with Gasteiger partial charge in [-0.1, -0.05) is 23.1 Å². The fraction of sp³-hybridized carbons (Fsp3) is 0.250. The van der Waals surface area contributed by atoms with E-state index < -0.39 is 16.9 Å². The van der Waals surface area contributed by atoms with E-state index in [1.807, 2.05) is 6.92 Å². The van der Waals surface area contributed by atoms with Crippen molar-refractivity contribution in [1.82, 2.24) is 10.2 Å². The normalized spacial score (nSPS) is 12.2. The van der Waals surface area contributed by atoms with Crippen LogP contribution in [0.15, 0.2) is 22.5 Å². The number of halogens is 2. The van der Waals surface area contributed by atoms with Gasteiger partial charge in [-0.25, -0.2) is 8.78 Å². The highest BCUT2D eigenvalue weighted by Gasteiger charge is 2.18. The van der Waals surface area contributed by atoms with Gasteiger partial charge in [-0.15, -0.1) is 10.2 Å². The summed E-state index contributed by atoms with van der Waals surface area (Å²) in [7, 11) is 0. The molecule has 0 bridgehead atoms. The van der Waals surface area contributed by atoms with Crippen LogP contribution in [-0.2, 0) is 4.79 Å². The zero-order valence-electron chi connectivity index (χ0n) is 10.7. The summed E-state index contributed by atoms with van der Waals surface area (Å²) in [5.41, 5.74) is -0.0442. The average Bonchev–Trinajstić information content (AvgIpc) is 2.78. The van der Waals surface area contributed by atoms with Crippen LogP contribution in [-0.4, -0.2) is 21.4 Å². The zero-order chi connectivity index (χ0) is 14.7. The molecule has 1 aromatic heterocycles. The lowest BCUT2D eigenvalue weighted by Gasteiger charge is -2.10. The number of benzene rings is 1. The molecule has 0 spiro atoms. The van der Waals surface area contributed by atoms with Crippen molar-refractivity contribution in [2.24, 2.45) is 0 Å². The molecule has 106 valence electrons. The highest BCUT2D eigenvalue weighted by Crippen LogP contribution is 2.27. The molecule has 0 radical (unpaired) electrons. The van der Waals surface area contributed by atoms with Crippen LogP contribution in [0, 0.1) is 18.6 Å². The van der Waals surface area contributed by atoms with Crippen molar-refractivity contribution in [2.75, 3.05) is 5.32 Å². The lowest BCUT2D eigenvalue weighted by molar-refractivity contribution is -0.115. The molecule has 1 atom stereocenters. The predicted octanol–water partition coefficient (Wildman–Crippen LogP) is 3.24. The van der Waals surface area contributed by atoms with Crippen molar-refractivity contribution in [3.05, 3.63) is 34.8 Å². The van der Waals surface area contributed by atoms with E-state index in [-0.39, 0.29) is 11.6 Å². The maximum atomic E-state index is 13.4. The fourth-order valence-corrected chi connectivity index (χ4v) is 3.32. The summed E-state index contributed by atoms with van der Waals surface area (Å²) in [6.45, 7) is 3.50. The van der Waals surface area contributed by atoms with Crippen molar-refractivity contribution >= 4 is 34.7 Å². The summed E-state index contributed by atoms with van der Waals surface area (Å²) >= 11 is 2.62. The zero-order valence-corrected chi connectivity index (χ0v) is 12.3. The Bertz CT molecular complexity index is 633. The van der Waals surface area contributed by atoms with Gasteiger partial charge in [-0.2, -0.15) is 0 Å². The molecular weight excluding hydrogens is 304 g/mol. The Kier molecular flexibility index (Phi) is 4.66. The summed E-state index contributed by atoms with van der Waals surface area (Å²) in [4.78, 5) is 11.9. The molecular formula is C12H11F2N3OS2. The average molecular weight is 315 g/mol. The van der Waals surface area contributed by atoms with Gasteiger partial charge in [-0.3, -0.25) is 4.79 Å². The fourth-order valence-electron chi connectivity index (χ4n) is 1.36. The van der Waals surface area contributed by atoms with Crippen LogP contribution in [0.4, 0.5) is 14.5 Å². The first-order valence-electron chi connectivity index (χ1n) is 5.68. The number of amides is 1. The minimum absolute atomic E-state index is 0.0442. The van der Waals surface area contributed by atoms with E-state index in [9.17, 15) is 13.6 Å². The van der Waals surface area contributed by atoms with Gasteiger partial charge in [0, 0.05) is 6.07 Å². The molecule has 0 unspecified atom stereocenters. The van der Waals surface area contributed by atoms with Gasteiger partial charge < -0.3 is 5.32 Å².